The second-order valence-electron chi connectivity index (χ2n) is 6.23. The molecule has 0 unspecified atom stereocenters. The molecule has 0 spiro atoms. The highest BCUT2D eigenvalue weighted by molar-refractivity contribution is 6.30. The molecule has 0 saturated carbocycles. The third-order valence-electron chi connectivity index (χ3n) is 4.50. The van der Waals surface area contributed by atoms with Gasteiger partial charge >= 0.3 is 0 Å². The first-order valence-electron chi connectivity index (χ1n) is 8.36. The second-order valence-corrected chi connectivity index (χ2v) is 6.67. The first-order valence-corrected chi connectivity index (χ1v) is 8.74. The third-order valence-corrected chi connectivity index (χ3v) is 4.73. The Morgan fingerprint density at radius 1 is 1.19 bits per heavy atom. The van der Waals surface area contributed by atoms with Crippen molar-refractivity contribution in [3.63, 3.8) is 0 Å². The predicted octanol–water partition coefficient (Wildman–Crippen LogP) is 4.37. The number of benzene rings is 2. The zero-order valence-electron chi connectivity index (χ0n) is 14.7. The Morgan fingerprint density at radius 3 is 2.59 bits per heavy atom. The lowest BCUT2D eigenvalue weighted by atomic mass is 10.1. The summed E-state index contributed by atoms with van der Waals surface area (Å²) in [5, 5.41) is 11.8. The number of nitro benzene ring substituents is 1. The van der Waals surface area contributed by atoms with Crippen molar-refractivity contribution in [1.82, 2.24) is 4.57 Å². The van der Waals surface area contributed by atoms with Gasteiger partial charge in [0.25, 0.3) is 11.6 Å². The highest BCUT2D eigenvalue weighted by Crippen LogP contribution is 2.29. The van der Waals surface area contributed by atoms with Gasteiger partial charge in [0.2, 0.25) is 0 Å². The normalized spacial score (nSPS) is 10.7. The van der Waals surface area contributed by atoms with Crippen LogP contribution in [0.2, 0.25) is 5.02 Å². The zero-order valence-corrected chi connectivity index (χ0v) is 15.4. The number of nitrogens with zero attached hydrogens (tertiary/aromatic N) is 2. The first kappa shape index (κ1) is 18.7. The van der Waals surface area contributed by atoms with Crippen LogP contribution in [0.3, 0.4) is 0 Å². The van der Waals surface area contributed by atoms with Crippen LogP contribution in [0.25, 0.3) is 11.3 Å². The molecule has 27 heavy (non-hydrogen) atoms. The molecule has 0 radical (unpaired) electrons. The van der Waals surface area contributed by atoms with Gasteiger partial charge in [-0.2, -0.15) is 0 Å². The molecule has 1 amide bonds. The van der Waals surface area contributed by atoms with E-state index in [1.807, 2.05) is 35.8 Å². The maximum absolute atomic E-state index is 11.8. The molecule has 7 heteroatoms. The van der Waals surface area contributed by atoms with Crippen molar-refractivity contribution in [1.29, 1.82) is 0 Å². The van der Waals surface area contributed by atoms with Crippen LogP contribution in [0.1, 0.15) is 21.6 Å². The predicted molar refractivity (Wildman–Crippen MR) is 105 cm³/mol. The summed E-state index contributed by atoms with van der Waals surface area (Å²) in [6, 6.07) is 15.6. The molecule has 2 aromatic carbocycles. The number of non-ortho nitro benzene ring substituents is 1. The molecule has 1 aromatic heterocycles. The molecule has 0 aliphatic rings. The van der Waals surface area contributed by atoms with Gasteiger partial charge in [-0.1, -0.05) is 35.9 Å². The Bertz CT molecular complexity index is 1030. The van der Waals surface area contributed by atoms with Crippen LogP contribution in [0.15, 0.2) is 54.6 Å². The first-order chi connectivity index (χ1) is 12.9. The van der Waals surface area contributed by atoms with Crippen molar-refractivity contribution < 1.29 is 9.72 Å². The lowest BCUT2D eigenvalue weighted by molar-refractivity contribution is -0.384. The number of hydrogen-bond acceptors (Lipinski definition) is 3. The van der Waals surface area contributed by atoms with Gasteiger partial charge in [0, 0.05) is 40.7 Å². The van der Waals surface area contributed by atoms with Crippen LogP contribution < -0.4 is 5.73 Å². The number of primary amides is 1. The maximum Gasteiger partial charge on any atom is 0.270 e. The van der Waals surface area contributed by atoms with E-state index in [1.165, 1.54) is 12.1 Å². The summed E-state index contributed by atoms with van der Waals surface area (Å²) in [4.78, 5) is 22.5. The fourth-order valence-corrected chi connectivity index (χ4v) is 3.35. The van der Waals surface area contributed by atoms with Gasteiger partial charge in [-0.3, -0.25) is 14.9 Å². The number of halogens is 1. The van der Waals surface area contributed by atoms with Crippen LogP contribution in [-0.4, -0.2) is 15.4 Å². The van der Waals surface area contributed by atoms with Gasteiger partial charge < -0.3 is 10.3 Å². The molecule has 0 aliphatic heterocycles. The SMILES string of the molecule is Cc1c(C(N)=O)cc(-c2cccc([N+](=O)[O-])c2)n1CCc1cccc(Cl)c1. The van der Waals surface area contributed by atoms with Crippen molar-refractivity contribution in [3.05, 3.63) is 86.6 Å². The Morgan fingerprint density at radius 2 is 1.93 bits per heavy atom. The number of aryl methyl sites for hydroxylation is 1. The molecule has 138 valence electrons. The zero-order chi connectivity index (χ0) is 19.6. The fourth-order valence-electron chi connectivity index (χ4n) is 3.13. The average molecular weight is 384 g/mol. The molecular weight excluding hydrogens is 366 g/mol. The molecule has 0 aliphatic carbocycles. The molecular formula is C20H18ClN3O3. The van der Waals surface area contributed by atoms with Crippen LogP contribution in [0.5, 0.6) is 0 Å². The Hall–Kier alpha value is -3.12. The summed E-state index contributed by atoms with van der Waals surface area (Å²) < 4.78 is 1.96. The van der Waals surface area contributed by atoms with Crippen LogP contribution in [0.4, 0.5) is 5.69 Å². The van der Waals surface area contributed by atoms with Gasteiger partial charge in [-0.25, -0.2) is 0 Å². The number of amides is 1. The van der Waals surface area contributed by atoms with Crippen LogP contribution in [-0.2, 0) is 13.0 Å². The Labute approximate surface area is 161 Å². The van der Waals surface area contributed by atoms with E-state index in [4.69, 9.17) is 17.3 Å². The van der Waals surface area contributed by atoms with Crippen molar-refractivity contribution in [2.45, 2.75) is 19.9 Å². The van der Waals surface area contributed by atoms with Crippen molar-refractivity contribution in [2.75, 3.05) is 0 Å². The molecule has 6 nitrogen and oxygen atoms in total. The number of aromatic nitrogens is 1. The van der Waals surface area contributed by atoms with Crippen molar-refractivity contribution >= 4 is 23.2 Å². The summed E-state index contributed by atoms with van der Waals surface area (Å²) in [6.45, 7) is 2.40. The van der Waals surface area contributed by atoms with E-state index >= 15 is 0 Å². The molecule has 1 heterocycles. The van der Waals surface area contributed by atoms with Gasteiger partial charge in [0.15, 0.2) is 0 Å². The van der Waals surface area contributed by atoms with E-state index < -0.39 is 10.8 Å². The number of hydrogen-bond donors (Lipinski definition) is 1. The summed E-state index contributed by atoms with van der Waals surface area (Å²) in [7, 11) is 0. The molecule has 3 rings (SSSR count). The lowest BCUT2D eigenvalue weighted by Crippen LogP contribution is -2.13. The number of carbonyl (C=O) groups is 1. The molecule has 0 saturated heterocycles. The third kappa shape index (κ3) is 4.01. The van der Waals surface area contributed by atoms with E-state index in [0.717, 1.165) is 11.3 Å². The minimum Gasteiger partial charge on any atom is -0.366 e. The highest BCUT2D eigenvalue weighted by atomic mass is 35.5. The van der Waals surface area contributed by atoms with Crippen LogP contribution in [0, 0.1) is 17.0 Å². The van der Waals surface area contributed by atoms with E-state index in [1.54, 1.807) is 18.2 Å². The number of carbonyl (C=O) groups excluding carboxylic acids is 1. The molecule has 0 bridgehead atoms. The van der Waals surface area contributed by atoms with Gasteiger partial charge in [-0.05, 0) is 37.1 Å². The summed E-state index contributed by atoms with van der Waals surface area (Å²) in [5.41, 5.74) is 9.06. The monoisotopic (exact) mass is 383 g/mol. The van der Waals surface area contributed by atoms with E-state index in [-0.39, 0.29) is 5.69 Å². The van der Waals surface area contributed by atoms with E-state index in [0.29, 0.717) is 34.8 Å². The minimum atomic E-state index is -0.527. The largest absolute Gasteiger partial charge is 0.366 e. The topological polar surface area (TPSA) is 91.2 Å². The van der Waals surface area contributed by atoms with Gasteiger partial charge in [-0.15, -0.1) is 0 Å². The maximum atomic E-state index is 11.8. The number of nitro groups is 1. The second kappa shape index (κ2) is 7.63. The Balaban J connectivity index is 2.03. The molecule has 2 N–H and O–H groups in total. The van der Waals surface area contributed by atoms with Crippen molar-refractivity contribution in [3.8, 4) is 11.3 Å². The Kier molecular flexibility index (Phi) is 5.28. The molecule has 0 fully saturated rings. The molecule has 0 atom stereocenters. The number of nitrogens with two attached hydrogens (primary N) is 1. The number of rotatable bonds is 6. The summed E-state index contributed by atoms with van der Waals surface area (Å²) in [6.07, 6.45) is 0.691. The van der Waals surface area contributed by atoms with E-state index in [2.05, 4.69) is 0 Å². The quantitative estimate of drug-likeness (QED) is 0.506. The molecule has 3 aromatic rings. The van der Waals surface area contributed by atoms with Gasteiger partial charge in [0.1, 0.15) is 0 Å². The highest BCUT2D eigenvalue weighted by Gasteiger charge is 2.18. The summed E-state index contributed by atoms with van der Waals surface area (Å²) in [5.74, 6) is -0.527. The smallest absolute Gasteiger partial charge is 0.270 e. The average Bonchev–Trinajstić information content (AvgIpc) is 2.97. The van der Waals surface area contributed by atoms with E-state index in [9.17, 15) is 14.9 Å². The summed E-state index contributed by atoms with van der Waals surface area (Å²) >= 11 is 6.05. The van der Waals surface area contributed by atoms with Crippen molar-refractivity contribution in [2.24, 2.45) is 5.73 Å². The van der Waals surface area contributed by atoms with Gasteiger partial charge in [0.05, 0.1) is 10.5 Å². The standard InChI is InChI=1S/C20H18ClN3O3/c1-13-18(20(22)25)12-19(15-5-3-7-17(11-15)24(26)27)23(13)9-8-14-4-2-6-16(21)10-14/h2-7,10-12H,8-9H2,1H3,(H2,22,25). The lowest BCUT2D eigenvalue weighted by Gasteiger charge is -2.12. The minimum absolute atomic E-state index is 0.00614. The van der Waals surface area contributed by atoms with Crippen LogP contribution >= 0.6 is 11.6 Å². The fraction of sp³-hybridized carbons (Fsp3) is 0.150.